The summed E-state index contributed by atoms with van der Waals surface area (Å²) in [6.45, 7) is 7.94. The number of aliphatic hydroxyl groups excluding tert-OH is 2. The Balaban J connectivity index is 3.15. The molecule has 18 heavy (non-hydrogen) atoms. The Morgan fingerprint density at radius 3 is 1.78 bits per heavy atom. The zero-order valence-electron chi connectivity index (χ0n) is 11.8. The van der Waals surface area contributed by atoms with E-state index in [2.05, 4.69) is 0 Å². The number of aliphatic hydroxyl groups is 2. The van der Waals surface area contributed by atoms with Gasteiger partial charge in [-0.25, -0.2) is 0 Å². The lowest BCUT2D eigenvalue weighted by molar-refractivity contribution is -0.0376. The third-order valence-corrected chi connectivity index (χ3v) is 2.16. The van der Waals surface area contributed by atoms with E-state index in [0.29, 0.717) is 33.0 Å². The molecule has 2 N–H and O–H groups in total. The molecular weight excluding hydrogens is 236 g/mol. The van der Waals surface area contributed by atoms with Gasteiger partial charge in [-0.3, -0.25) is 0 Å². The van der Waals surface area contributed by atoms with E-state index in [1.807, 2.05) is 6.92 Å². The largest absolute Gasteiger partial charge is 0.391 e. The molecule has 0 rings (SSSR count). The van der Waals surface area contributed by atoms with Gasteiger partial charge < -0.3 is 24.4 Å². The summed E-state index contributed by atoms with van der Waals surface area (Å²) in [6, 6.07) is 0. The Labute approximate surface area is 110 Å². The van der Waals surface area contributed by atoms with Gasteiger partial charge in [0.25, 0.3) is 0 Å². The molecule has 0 saturated heterocycles. The maximum absolute atomic E-state index is 9.03. The third-order valence-electron chi connectivity index (χ3n) is 2.16. The molecular formula is C13H28O5. The number of hydrogen-bond donors (Lipinski definition) is 2. The number of ether oxygens (including phenoxy) is 3. The molecule has 0 bridgehead atoms. The van der Waals surface area contributed by atoms with Gasteiger partial charge in [0, 0.05) is 13.2 Å². The van der Waals surface area contributed by atoms with E-state index in [0.717, 1.165) is 12.8 Å². The Bertz CT molecular complexity index is 173. The summed E-state index contributed by atoms with van der Waals surface area (Å²) in [4.78, 5) is 0. The molecule has 0 aliphatic heterocycles. The van der Waals surface area contributed by atoms with Crippen molar-refractivity contribution < 1.29 is 24.4 Å². The average molecular weight is 264 g/mol. The Hall–Kier alpha value is -0.200. The van der Waals surface area contributed by atoms with Crippen molar-refractivity contribution in [1.82, 2.24) is 0 Å². The maximum Gasteiger partial charge on any atom is 0.0781 e. The Kier molecular flexibility index (Phi) is 11.7. The molecule has 5 nitrogen and oxygen atoms in total. The molecule has 0 aromatic carbocycles. The molecule has 0 heterocycles. The lowest BCUT2D eigenvalue weighted by Gasteiger charge is -2.14. The molecule has 0 radical (unpaired) electrons. The summed E-state index contributed by atoms with van der Waals surface area (Å²) in [7, 11) is 0. The van der Waals surface area contributed by atoms with Gasteiger partial charge in [0.05, 0.1) is 38.1 Å². The first-order chi connectivity index (χ1) is 8.52. The van der Waals surface area contributed by atoms with Gasteiger partial charge in [-0.2, -0.15) is 0 Å². The van der Waals surface area contributed by atoms with Crippen LogP contribution in [0.2, 0.25) is 0 Å². The van der Waals surface area contributed by atoms with Gasteiger partial charge >= 0.3 is 0 Å². The van der Waals surface area contributed by atoms with Crippen molar-refractivity contribution in [1.29, 1.82) is 0 Å². The van der Waals surface area contributed by atoms with Crippen molar-refractivity contribution in [2.75, 3.05) is 33.0 Å². The Morgan fingerprint density at radius 1 is 0.778 bits per heavy atom. The van der Waals surface area contributed by atoms with Crippen LogP contribution in [0.5, 0.6) is 0 Å². The lowest BCUT2D eigenvalue weighted by Crippen LogP contribution is -2.21. The van der Waals surface area contributed by atoms with E-state index in [1.54, 1.807) is 13.8 Å². The minimum atomic E-state index is -0.432. The average Bonchev–Trinajstić information content (AvgIpc) is 2.29. The van der Waals surface area contributed by atoms with Crippen molar-refractivity contribution in [2.24, 2.45) is 0 Å². The second kappa shape index (κ2) is 11.9. The SMILES string of the molecule is CC(O)COCCCCOCC(C)OCC(C)O. The zero-order valence-corrected chi connectivity index (χ0v) is 11.8. The van der Waals surface area contributed by atoms with Gasteiger partial charge in [0.15, 0.2) is 0 Å². The second-order valence-corrected chi connectivity index (χ2v) is 4.70. The molecule has 0 spiro atoms. The fraction of sp³-hybridized carbons (Fsp3) is 1.00. The van der Waals surface area contributed by atoms with E-state index >= 15 is 0 Å². The summed E-state index contributed by atoms with van der Waals surface area (Å²) < 4.78 is 16.0. The summed E-state index contributed by atoms with van der Waals surface area (Å²) in [5, 5.41) is 18.0. The van der Waals surface area contributed by atoms with Crippen LogP contribution in [-0.2, 0) is 14.2 Å². The molecule has 5 heteroatoms. The van der Waals surface area contributed by atoms with Crippen molar-refractivity contribution >= 4 is 0 Å². The Morgan fingerprint density at radius 2 is 1.28 bits per heavy atom. The van der Waals surface area contributed by atoms with Gasteiger partial charge in [0.1, 0.15) is 0 Å². The fourth-order valence-electron chi connectivity index (χ4n) is 1.26. The predicted octanol–water partition coefficient (Wildman–Crippen LogP) is 0.966. The van der Waals surface area contributed by atoms with E-state index in [1.165, 1.54) is 0 Å². The van der Waals surface area contributed by atoms with Crippen molar-refractivity contribution in [3.8, 4) is 0 Å². The molecule has 0 amide bonds. The van der Waals surface area contributed by atoms with E-state index < -0.39 is 12.2 Å². The molecule has 110 valence electrons. The first kappa shape index (κ1) is 17.8. The minimum Gasteiger partial charge on any atom is -0.391 e. The van der Waals surface area contributed by atoms with Crippen LogP contribution in [0.25, 0.3) is 0 Å². The molecule has 0 aliphatic carbocycles. The van der Waals surface area contributed by atoms with Crippen LogP contribution in [0.15, 0.2) is 0 Å². The third kappa shape index (κ3) is 13.9. The highest BCUT2D eigenvalue weighted by atomic mass is 16.5. The fourth-order valence-corrected chi connectivity index (χ4v) is 1.26. The summed E-state index contributed by atoms with van der Waals surface area (Å²) >= 11 is 0. The number of unbranched alkanes of at least 4 members (excludes halogenated alkanes) is 1. The van der Waals surface area contributed by atoms with Crippen LogP contribution in [0.3, 0.4) is 0 Å². The molecule has 3 atom stereocenters. The van der Waals surface area contributed by atoms with Crippen molar-refractivity contribution in [2.45, 2.75) is 51.9 Å². The van der Waals surface area contributed by atoms with Gasteiger partial charge in [-0.1, -0.05) is 0 Å². The number of hydrogen-bond acceptors (Lipinski definition) is 5. The van der Waals surface area contributed by atoms with E-state index in [-0.39, 0.29) is 6.10 Å². The van der Waals surface area contributed by atoms with Gasteiger partial charge in [0.2, 0.25) is 0 Å². The van der Waals surface area contributed by atoms with Gasteiger partial charge in [-0.05, 0) is 33.6 Å². The van der Waals surface area contributed by atoms with Crippen LogP contribution in [-0.4, -0.2) is 61.6 Å². The smallest absolute Gasteiger partial charge is 0.0781 e. The minimum absolute atomic E-state index is 0.00564. The topological polar surface area (TPSA) is 68.2 Å². The normalized spacial score (nSPS) is 16.5. The molecule has 0 aromatic heterocycles. The molecule has 3 unspecified atom stereocenters. The second-order valence-electron chi connectivity index (χ2n) is 4.70. The van der Waals surface area contributed by atoms with Crippen LogP contribution in [0.4, 0.5) is 0 Å². The van der Waals surface area contributed by atoms with Crippen LogP contribution in [0.1, 0.15) is 33.6 Å². The van der Waals surface area contributed by atoms with Crippen LogP contribution in [0, 0.1) is 0 Å². The molecule has 0 aromatic rings. The summed E-state index contributed by atoms with van der Waals surface area (Å²) in [5.41, 5.74) is 0. The van der Waals surface area contributed by atoms with Crippen molar-refractivity contribution in [3.63, 3.8) is 0 Å². The lowest BCUT2D eigenvalue weighted by atomic mass is 10.3. The van der Waals surface area contributed by atoms with Crippen LogP contribution >= 0.6 is 0 Å². The first-order valence-corrected chi connectivity index (χ1v) is 6.65. The van der Waals surface area contributed by atoms with Crippen molar-refractivity contribution in [3.05, 3.63) is 0 Å². The van der Waals surface area contributed by atoms with E-state index in [4.69, 9.17) is 24.4 Å². The first-order valence-electron chi connectivity index (χ1n) is 6.65. The summed E-state index contributed by atoms with van der Waals surface area (Å²) in [5.74, 6) is 0. The summed E-state index contributed by atoms with van der Waals surface area (Å²) in [6.07, 6.45) is 1.04. The standard InChI is InChI=1S/C13H28O5/c1-11(14)8-16-6-4-5-7-17-10-13(3)18-9-12(2)15/h11-15H,4-10H2,1-3H3. The molecule has 0 fully saturated rings. The number of rotatable bonds is 12. The predicted molar refractivity (Wildman–Crippen MR) is 69.6 cm³/mol. The highest BCUT2D eigenvalue weighted by molar-refractivity contribution is 4.50. The highest BCUT2D eigenvalue weighted by Crippen LogP contribution is 1.97. The molecule has 0 saturated carbocycles. The monoisotopic (exact) mass is 264 g/mol. The van der Waals surface area contributed by atoms with E-state index in [9.17, 15) is 0 Å². The zero-order chi connectivity index (χ0) is 13.8. The maximum atomic E-state index is 9.03. The van der Waals surface area contributed by atoms with Crippen LogP contribution < -0.4 is 0 Å². The highest BCUT2D eigenvalue weighted by Gasteiger charge is 2.04. The van der Waals surface area contributed by atoms with Gasteiger partial charge in [-0.15, -0.1) is 0 Å². The molecule has 0 aliphatic rings. The quantitative estimate of drug-likeness (QED) is 0.514.